The molecule has 1 saturated carbocycles. The molecule has 0 N–H and O–H groups in total. The molecule has 1 aromatic heterocycles. The first-order valence-corrected chi connectivity index (χ1v) is 10.4. The van der Waals surface area contributed by atoms with Gasteiger partial charge < -0.3 is 4.90 Å². The van der Waals surface area contributed by atoms with E-state index in [1.807, 2.05) is 32.2 Å². The van der Waals surface area contributed by atoms with E-state index in [-0.39, 0.29) is 17.8 Å². The molecule has 1 aliphatic carbocycles. The summed E-state index contributed by atoms with van der Waals surface area (Å²) in [5.41, 5.74) is 2.01. The molecule has 4 rings (SSSR count). The van der Waals surface area contributed by atoms with Crippen molar-refractivity contribution in [2.24, 2.45) is 0 Å². The molecule has 6 heteroatoms. The lowest BCUT2D eigenvalue weighted by Crippen LogP contribution is -2.40. The summed E-state index contributed by atoms with van der Waals surface area (Å²) in [5.74, 6) is -0.150. The summed E-state index contributed by atoms with van der Waals surface area (Å²) in [6.07, 6.45) is 2.23. The van der Waals surface area contributed by atoms with E-state index in [0.29, 0.717) is 19.1 Å². The number of carbonyl (C=O) groups excluding carboxylic acids is 1. The lowest BCUT2D eigenvalue weighted by molar-refractivity contribution is -0.133. The molecule has 1 amide bonds. The van der Waals surface area contributed by atoms with E-state index in [1.165, 1.54) is 12.1 Å². The third kappa shape index (κ3) is 4.23. The van der Waals surface area contributed by atoms with Gasteiger partial charge in [0, 0.05) is 19.6 Å². The summed E-state index contributed by atoms with van der Waals surface area (Å²) in [6.45, 7) is 3.06. The third-order valence-electron chi connectivity index (χ3n) is 5.34. The third-order valence-corrected chi connectivity index (χ3v) is 6.55. The molecule has 1 heterocycles. The van der Waals surface area contributed by atoms with Crippen LogP contribution in [0.25, 0.3) is 10.2 Å². The number of amides is 1. The van der Waals surface area contributed by atoms with Crippen LogP contribution in [0.5, 0.6) is 0 Å². The van der Waals surface area contributed by atoms with Gasteiger partial charge in [0.2, 0.25) is 5.91 Å². The Bertz CT molecular complexity index is 934. The van der Waals surface area contributed by atoms with Gasteiger partial charge >= 0.3 is 0 Å². The summed E-state index contributed by atoms with van der Waals surface area (Å²) in [6, 6.07) is 15.0. The first-order chi connectivity index (χ1) is 13.5. The number of likely N-dealkylation sites (N-methyl/N-ethyl adjacent to an activating group) is 1. The zero-order valence-corrected chi connectivity index (χ0v) is 17.0. The minimum Gasteiger partial charge on any atom is -0.335 e. The van der Waals surface area contributed by atoms with Gasteiger partial charge in [0.1, 0.15) is 10.8 Å². The molecule has 4 nitrogen and oxygen atoms in total. The summed E-state index contributed by atoms with van der Waals surface area (Å²) < 4.78 is 14.3. The molecule has 1 aliphatic rings. The fourth-order valence-electron chi connectivity index (χ4n) is 3.31. The lowest BCUT2D eigenvalue weighted by atomic mass is 10.2. The van der Waals surface area contributed by atoms with Gasteiger partial charge in [0.15, 0.2) is 0 Å². The van der Waals surface area contributed by atoms with Crippen molar-refractivity contribution >= 4 is 27.5 Å². The topological polar surface area (TPSA) is 36.4 Å². The number of carbonyl (C=O) groups is 1. The molecule has 0 saturated heterocycles. The highest BCUT2D eigenvalue weighted by Gasteiger charge is 2.32. The molecule has 0 bridgehead atoms. The van der Waals surface area contributed by atoms with Crippen molar-refractivity contribution in [3.8, 4) is 0 Å². The number of fused-ring (bicyclic) bond motifs is 1. The zero-order valence-electron chi connectivity index (χ0n) is 16.1. The number of para-hydroxylation sites is 1. The van der Waals surface area contributed by atoms with E-state index in [9.17, 15) is 9.18 Å². The van der Waals surface area contributed by atoms with Gasteiger partial charge in [-0.1, -0.05) is 24.3 Å². The quantitative estimate of drug-likeness (QED) is 0.584. The highest BCUT2D eigenvalue weighted by molar-refractivity contribution is 7.18. The molecular weight excluding hydrogens is 373 g/mol. The smallest absolute Gasteiger partial charge is 0.237 e. The van der Waals surface area contributed by atoms with Crippen molar-refractivity contribution in [3.63, 3.8) is 0 Å². The number of rotatable bonds is 7. The monoisotopic (exact) mass is 397 g/mol. The molecule has 0 spiro atoms. The Labute approximate surface area is 168 Å². The largest absolute Gasteiger partial charge is 0.335 e. The van der Waals surface area contributed by atoms with E-state index >= 15 is 0 Å². The SMILES string of the molecule is C[C@H](c1nc2ccccc2s1)N(C)C(=O)CN(Cc1ccc(F)cc1)C1CC1. The Kier molecular flexibility index (Phi) is 5.42. The van der Waals surface area contributed by atoms with Gasteiger partial charge in [0.05, 0.1) is 22.8 Å². The van der Waals surface area contributed by atoms with Crippen molar-refractivity contribution in [1.29, 1.82) is 0 Å². The molecular formula is C22H24FN3OS. The summed E-state index contributed by atoms with van der Waals surface area (Å²) in [4.78, 5) is 21.7. The molecule has 146 valence electrons. The van der Waals surface area contributed by atoms with Gasteiger partial charge in [-0.3, -0.25) is 9.69 Å². The Morgan fingerprint density at radius 3 is 2.61 bits per heavy atom. The van der Waals surface area contributed by atoms with Crippen LogP contribution in [0.15, 0.2) is 48.5 Å². The molecule has 3 aromatic rings. The first-order valence-electron chi connectivity index (χ1n) is 9.61. The van der Waals surface area contributed by atoms with Crippen LogP contribution < -0.4 is 0 Å². The number of halogens is 1. The number of hydrogen-bond donors (Lipinski definition) is 0. The Hall–Kier alpha value is -2.31. The number of nitrogens with zero attached hydrogens (tertiary/aromatic N) is 3. The van der Waals surface area contributed by atoms with Gasteiger partial charge in [-0.25, -0.2) is 9.37 Å². The van der Waals surface area contributed by atoms with E-state index in [1.54, 1.807) is 28.4 Å². The molecule has 0 radical (unpaired) electrons. The van der Waals surface area contributed by atoms with Crippen molar-refractivity contribution in [1.82, 2.24) is 14.8 Å². The summed E-state index contributed by atoms with van der Waals surface area (Å²) >= 11 is 1.64. The van der Waals surface area contributed by atoms with Crippen LogP contribution in [-0.4, -0.2) is 40.3 Å². The van der Waals surface area contributed by atoms with Crippen molar-refractivity contribution < 1.29 is 9.18 Å². The molecule has 2 aromatic carbocycles. The maximum atomic E-state index is 13.2. The minimum absolute atomic E-state index is 0.0724. The zero-order chi connectivity index (χ0) is 19.7. The van der Waals surface area contributed by atoms with Crippen molar-refractivity contribution in [2.75, 3.05) is 13.6 Å². The van der Waals surface area contributed by atoms with E-state index < -0.39 is 0 Å². The van der Waals surface area contributed by atoms with E-state index in [4.69, 9.17) is 4.98 Å². The van der Waals surface area contributed by atoms with Crippen LogP contribution in [0.1, 0.15) is 36.4 Å². The predicted octanol–water partition coefficient (Wildman–Crippen LogP) is 4.62. The van der Waals surface area contributed by atoms with Crippen molar-refractivity contribution in [2.45, 2.75) is 38.4 Å². The average molecular weight is 398 g/mol. The maximum Gasteiger partial charge on any atom is 0.237 e. The number of hydrogen-bond acceptors (Lipinski definition) is 4. The van der Waals surface area contributed by atoms with Crippen molar-refractivity contribution in [3.05, 3.63) is 64.9 Å². The highest BCUT2D eigenvalue weighted by Crippen LogP contribution is 2.31. The first kappa shape index (κ1) is 19.0. The van der Waals surface area contributed by atoms with Crippen LogP contribution in [0, 0.1) is 5.82 Å². The number of aromatic nitrogens is 1. The number of benzene rings is 2. The van der Waals surface area contributed by atoms with Gasteiger partial charge in [-0.2, -0.15) is 0 Å². The van der Waals surface area contributed by atoms with E-state index in [2.05, 4.69) is 11.0 Å². The standard InChI is InChI=1S/C22H24FN3OS/c1-15(22-24-19-5-3-4-6-20(19)28-22)25(2)21(27)14-26(18-11-12-18)13-16-7-9-17(23)10-8-16/h3-10,15,18H,11-14H2,1-2H3/t15-/m1/s1. The Morgan fingerprint density at radius 1 is 1.21 bits per heavy atom. The Morgan fingerprint density at radius 2 is 1.93 bits per heavy atom. The second kappa shape index (κ2) is 7.97. The molecule has 1 atom stereocenters. The highest BCUT2D eigenvalue weighted by atomic mass is 32.1. The van der Waals surface area contributed by atoms with Crippen LogP contribution in [0.2, 0.25) is 0 Å². The van der Waals surface area contributed by atoms with Crippen LogP contribution in [-0.2, 0) is 11.3 Å². The molecule has 0 unspecified atom stereocenters. The average Bonchev–Trinajstić information content (AvgIpc) is 3.46. The van der Waals surface area contributed by atoms with Crippen LogP contribution in [0.4, 0.5) is 4.39 Å². The van der Waals surface area contributed by atoms with Crippen LogP contribution >= 0.6 is 11.3 Å². The fraction of sp³-hybridized carbons (Fsp3) is 0.364. The normalized spacial score (nSPS) is 15.1. The van der Waals surface area contributed by atoms with Crippen LogP contribution in [0.3, 0.4) is 0 Å². The molecule has 0 aliphatic heterocycles. The minimum atomic E-state index is -0.234. The molecule has 28 heavy (non-hydrogen) atoms. The fourth-order valence-corrected chi connectivity index (χ4v) is 4.38. The lowest BCUT2D eigenvalue weighted by Gasteiger charge is -2.28. The van der Waals surface area contributed by atoms with E-state index in [0.717, 1.165) is 33.6 Å². The van der Waals surface area contributed by atoms with Gasteiger partial charge in [-0.15, -0.1) is 11.3 Å². The second-order valence-corrected chi connectivity index (χ2v) is 8.53. The predicted molar refractivity (Wildman–Crippen MR) is 111 cm³/mol. The van der Waals surface area contributed by atoms with Gasteiger partial charge in [0.25, 0.3) is 0 Å². The molecule has 1 fully saturated rings. The summed E-state index contributed by atoms with van der Waals surface area (Å²) in [7, 11) is 1.85. The summed E-state index contributed by atoms with van der Waals surface area (Å²) in [5, 5.41) is 0.952. The second-order valence-electron chi connectivity index (χ2n) is 7.46. The Balaban J connectivity index is 1.43. The maximum absolute atomic E-state index is 13.2. The van der Waals surface area contributed by atoms with Gasteiger partial charge in [-0.05, 0) is 49.6 Å². The number of thiazole rings is 1.